The van der Waals surface area contributed by atoms with E-state index in [1.54, 1.807) is 0 Å². The fourth-order valence-corrected chi connectivity index (χ4v) is 4.24. The largest absolute Gasteiger partial charge is 0.315 e. The maximum absolute atomic E-state index is 13.4. The van der Waals surface area contributed by atoms with E-state index >= 15 is 0 Å². The standard InChI is InChI=1S/C15H22F2N2O2S.ClH/c1-2-3-8-22(20,21)19-15-10-18-7-6-12(15)11-4-5-13(16)14(17)9-11;/h4-5,9,12,15,18-19H,2-3,6-8,10H2,1H3;1H. The second-order valence-corrected chi connectivity index (χ2v) is 7.54. The van der Waals surface area contributed by atoms with Gasteiger partial charge in [-0.2, -0.15) is 0 Å². The van der Waals surface area contributed by atoms with Gasteiger partial charge in [-0.05, 0) is 37.1 Å². The minimum Gasteiger partial charge on any atom is -0.315 e. The quantitative estimate of drug-likeness (QED) is 0.811. The van der Waals surface area contributed by atoms with Crippen molar-refractivity contribution in [2.75, 3.05) is 18.8 Å². The minimum absolute atomic E-state index is 0. The van der Waals surface area contributed by atoms with Crippen LogP contribution in [-0.2, 0) is 10.0 Å². The number of benzene rings is 1. The van der Waals surface area contributed by atoms with Gasteiger partial charge in [-0.25, -0.2) is 21.9 Å². The van der Waals surface area contributed by atoms with Crippen LogP contribution in [0.15, 0.2) is 18.2 Å². The molecule has 0 bridgehead atoms. The monoisotopic (exact) mass is 368 g/mol. The molecule has 0 aromatic heterocycles. The number of rotatable bonds is 6. The molecule has 0 radical (unpaired) electrons. The Hall–Kier alpha value is -0.760. The minimum atomic E-state index is -3.36. The van der Waals surface area contributed by atoms with Crippen LogP contribution in [-0.4, -0.2) is 33.3 Å². The van der Waals surface area contributed by atoms with Gasteiger partial charge < -0.3 is 5.32 Å². The summed E-state index contributed by atoms with van der Waals surface area (Å²) in [5.41, 5.74) is 0.628. The van der Waals surface area contributed by atoms with Crippen molar-refractivity contribution in [2.24, 2.45) is 0 Å². The SMILES string of the molecule is CCCCS(=O)(=O)NC1CNCCC1c1ccc(F)c(F)c1.Cl. The van der Waals surface area contributed by atoms with Gasteiger partial charge in [0.1, 0.15) is 0 Å². The molecule has 1 aromatic rings. The summed E-state index contributed by atoms with van der Waals surface area (Å²) in [6.45, 7) is 3.13. The first-order valence-electron chi connectivity index (χ1n) is 7.58. The molecule has 23 heavy (non-hydrogen) atoms. The zero-order valence-electron chi connectivity index (χ0n) is 13.0. The van der Waals surface area contributed by atoms with Crippen molar-refractivity contribution in [1.82, 2.24) is 10.0 Å². The molecule has 2 atom stereocenters. The molecule has 2 N–H and O–H groups in total. The first-order valence-corrected chi connectivity index (χ1v) is 9.24. The Balaban J connectivity index is 0.00000264. The molecule has 0 amide bonds. The highest BCUT2D eigenvalue weighted by Gasteiger charge is 2.30. The summed E-state index contributed by atoms with van der Waals surface area (Å²) in [4.78, 5) is 0. The van der Waals surface area contributed by atoms with Crippen molar-refractivity contribution < 1.29 is 17.2 Å². The zero-order valence-corrected chi connectivity index (χ0v) is 14.7. The Kier molecular flexibility index (Phi) is 7.86. The maximum atomic E-state index is 13.4. The average Bonchev–Trinajstić information content (AvgIpc) is 2.48. The van der Waals surface area contributed by atoms with Crippen LogP contribution in [0.5, 0.6) is 0 Å². The van der Waals surface area contributed by atoms with Gasteiger partial charge in [0.2, 0.25) is 10.0 Å². The average molecular weight is 369 g/mol. The molecule has 8 heteroatoms. The number of nitrogens with one attached hydrogen (secondary N) is 2. The number of sulfonamides is 1. The fourth-order valence-electron chi connectivity index (χ4n) is 2.75. The molecule has 0 saturated carbocycles. The van der Waals surface area contributed by atoms with Gasteiger partial charge in [-0.15, -0.1) is 12.4 Å². The second-order valence-electron chi connectivity index (χ2n) is 5.67. The molecule has 4 nitrogen and oxygen atoms in total. The van der Waals surface area contributed by atoms with Crippen LogP contribution >= 0.6 is 12.4 Å². The molecule has 1 heterocycles. The summed E-state index contributed by atoms with van der Waals surface area (Å²) < 4.78 is 53.4. The molecule has 1 saturated heterocycles. The number of unbranched alkanes of at least 4 members (excludes halogenated alkanes) is 1. The lowest BCUT2D eigenvalue weighted by Crippen LogP contribution is -2.50. The van der Waals surface area contributed by atoms with Crippen LogP contribution in [0.1, 0.15) is 37.7 Å². The van der Waals surface area contributed by atoms with Crippen LogP contribution in [0.25, 0.3) is 0 Å². The van der Waals surface area contributed by atoms with Crippen molar-refractivity contribution in [3.8, 4) is 0 Å². The highest BCUT2D eigenvalue weighted by atomic mass is 35.5. The first kappa shape index (κ1) is 20.3. The van der Waals surface area contributed by atoms with Crippen LogP contribution < -0.4 is 10.0 Å². The molecule has 0 aliphatic carbocycles. The number of piperidine rings is 1. The van der Waals surface area contributed by atoms with E-state index in [2.05, 4.69) is 10.0 Å². The molecule has 1 aromatic carbocycles. The van der Waals surface area contributed by atoms with E-state index in [1.165, 1.54) is 12.1 Å². The summed E-state index contributed by atoms with van der Waals surface area (Å²) in [5.74, 6) is -1.86. The van der Waals surface area contributed by atoms with E-state index in [4.69, 9.17) is 0 Å². The third kappa shape index (κ3) is 5.67. The Morgan fingerprint density at radius 2 is 2.04 bits per heavy atom. The Labute approximate surface area is 142 Å². The number of halogens is 3. The van der Waals surface area contributed by atoms with Crippen molar-refractivity contribution in [3.63, 3.8) is 0 Å². The zero-order chi connectivity index (χ0) is 16.2. The van der Waals surface area contributed by atoms with E-state index in [0.29, 0.717) is 24.9 Å². The first-order chi connectivity index (χ1) is 10.4. The van der Waals surface area contributed by atoms with Crippen LogP contribution in [0.4, 0.5) is 8.78 Å². The van der Waals surface area contributed by atoms with E-state index in [-0.39, 0.29) is 30.1 Å². The molecule has 0 spiro atoms. The Morgan fingerprint density at radius 3 is 2.70 bits per heavy atom. The van der Waals surface area contributed by atoms with E-state index in [9.17, 15) is 17.2 Å². The van der Waals surface area contributed by atoms with E-state index in [0.717, 1.165) is 19.0 Å². The van der Waals surface area contributed by atoms with Crippen molar-refractivity contribution in [2.45, 2.75) is 38.1 Å². The molecule has 2 rings (SSSR count). The lowest BCUT2D eigenvalue weighted by atomic mass is 9.86. The predicted octanol–water partition coefficient (Wildman–Crippen LogP) is 2.55. The van der Waals surface area contributed by atoms with Gasteiger partial charge in [0.15, 0.2) is 11.6 Å². The highest BCUT2D eigenvalue weighted by Crippen LogP contribution is 2.27. The fraction of sp³-hybridized carbons (Fsp3) is 0.600. The molecule has 1 aliphatic heterocycles. The molecule has 132 valence electrons. The topological polar surface area (TPSA) is 58.2 Å². The maximum Gasteiger partial charge on any atom is 0.211 e. The third-order valence-electron chi connectivity index (χ3n) is 3.95. The van der Waals surface area contributed by atoms with E-state index < -0.39 is 21.7 Å². The third-order valence-corrected chi connectivity index (χ3v) is 5.44. The smallest absolute Gasteiger partial charge is 0.211 e. The molecule has 2 unspecified atom stereocenters. The van der Waals surface area contributed by atoms with Crippen LogP contribution in [0.3, 0.4) is 0 Å². The Bertz CT molecular complexity index is 613. The van der Waals surface area contributed by atoms with Crippen molar-refractivity contribution in [3.05, 3.63) is 35.4 Å². The molecular formula is C15H23ClF2N2O2S. The number of hydrogen-bond donors (Lipinski definition) is 2. The van der Waals surface area contributed by atoms with Gasteiger partial charge in [-0.3, -0.25) is 0 Å². The summed E-state index contributed by atoms with van der Waals surface area (Å²) >= 11 is 0. The van der Waals surface area contributed by atoms with Crippen LogP contribution in [0, 0.1) is 11.6 Å². The summed E-state index contributed by atoms with van der Waals surface area (Å²) in [5, 5.41) is 3.14. The Morgan fingerprint density at radius 1 is 1.30 bits per heavy atom. The lowest BCUT2D eigenvalue weighted by Gasteiger charge is -2.33. The second kappa shape index (κ2) is 8.92. The van der Waals surface area contributed by atoms with E-state index in [1.807, 2.05) is 6.92 Å². The van der Waals surface area contributed by atoms with Gasteiger partial charge in [0.25, 0.3) is 0 Å². The number of hydrogen-bond acceptors (Lipinski definition) is 3. The normalized spacial score (nSPS) is 21.7. The summed E-state index contributed by atoms with van der Waals surface area (Å²) in [6, 6.07) is 3.44. The summed E-state index contributed by atoms with van der Waals surface area (Å²) in [6.07, 6.45) is 2.08. The lowest BCUT2D eigenvalue weighted by molar-refractivity contribution is 0.376. The van der Waals surface area contributed by atoms with Gasteiger partial charge in [0.05, 0.1) is 5.75 Å². The van der Waals surface area contributed by atoms with Gasteiger partial charge in [0, 0.05) is 18.5 Å². The summed E-state index contributed by atoms with van der Waals surface area (Å²) in [7, 11) is -3.36. The van der Waals surface area contributed by atoms with Crippen molar-refractivity contribution >= 4 is 22.4 Å². The molecular weight excluding hydrogens is 346 g/mol. The van der Waals surface area contributed by atoms with Gasteiger partial charge >= 0.3 is 0 Å². The van der Waals surface area contributed by atoms with Crippen LogP contribution in [0.2, 0.25) is 0 Å². The highest BCUT2D eigenvalue weighted by molar-refractivity contribution is 7.89. The molecule has 1 aliphatic rings. The molecule has 1 fully saturated rings. The van der Waals surface area contributed by atoms with Crippen molar-refractivity contribution in [1.29, 1.82) is 0 Å². The van der Waals surface area contributed by atoms with Gasteiger partial charge in [-0.1, -0.05) is 19.4 Å². The predicted molar refractivity (Wildman–Crippen MR) is 89.5 cm³/mol.